The van der Waals surface area contributed by atoms with Crippen molar-refractivity contribution in [1.29, 1.82) is 0 Å². The number of aliphatic hydroxyl groups is 1. The average Bonchev–Trinajstić information content (AvgIpc) is 3.66. The fourth-order valence-corrected chi connectivity index (χ4v) is 9.12. The van der Waals surface area contributed by atoms with E-state index in [4.69, 9.17) is 36.9 Å². The summed E-state index contributed by atoms with van der Waals surface area (Å²) in [5.41, 5.74) is 17.4. The lowest BCUT2D eigenvalue weighted by Crippen LogP contribution is -2.40. The second kappa shape index (κ2) is 42.3. The van der Waals surface area contributed by atoms with Crippen molar-refractivity contribution in [3.8, 4) is 5.75 Å². The Hall–Kier alpha value is -8.60. The number of rotatable bonds is 37. The first-order valence-corrected chi connectivity index (χ1v) is 29.0. The van der Waals surface area contributed by atoms with E-state index in [0.29, 0.717) is 68.6 Å². The summed E-state index contributed by atoms with van der Waals surface area (Å²) in [7, 11) is 5.13. The van der Waals surface area contributed by atoms with Crippen molar-refractivity contribution in [2.45, 2.75) is 131 Å². The molecule has 0 radical (unpaired) electrons. The number of likely N-dealkylation sites (N-methyl/N-ethyl adjacent to an activating group) is 3. The highest BCUT2D eigenvalue weighted by Crippen LogP contribution is 2.23. The van der Waals surface area contributed by atoms with Crippen molar-refractivity contribution in [2.75, 3.05) is 51.4 Å². The van der Waals surface area contributed by atoms with Crippen LogP contribution in [-0.2, 0) is 46.7 Å². The molecule has 28 heteroatoms. The minimum absolute atomic E-state index is 0.00437. The number of nitro groups is 1. The number of nitro benzene ring substituents is 1. The highest BCUT2D eigenvalue weighted by Gasteiger charge is 2.30. The molecule has 0 heterocycles. The van der Waals surface area contributed by atoms with Crippen molar-refractivity contribution >= 4 is 76.4 Å². The molecule has 0 aliphatic heterocycles. The van der Waals surface area contributed by atoms with Crippen LogP contribution >= 0.6 is 0 Å². The highest BCUT2D eigenvalue weighted by atomic mass is 16.7. The van der Waals surface area contributed by atoms with E-state index in [0.717, 1.165) is 5.56 Å². The van der Waals surface area contributed by atoms with E-state index in [2.05, 4.69) is 42.5 Å². The SMILES string of the molecule is CN[C@H](C(=O)CC(CCCNC(N)=O)C(=O)Nc1ccc(CO)cc1)C(C)C.CN[C@H](C(=O)CC(CCCNC(N)=O)C(=O)Nc1ccc(COC(=O)Oc2ccc([N+](=O)[O-])cc2)cc1)C(C)C.CN[C@H](C(=O)CC(CCCNC(N)=O)C(=O)O)C(C)C. The zero-order chi connectivity index (χ0) is 66.5. The summed E-state index contributed by atoms with van der Waals surface area (Å²) in [5.74, 6) is -3.25. The van der Waals surface area contributed by atoms with Crippen molar-refractivity contribution in [1.82, 2.24) is 31.9 Å². The molecule has 8 amide bonds. The Kier molecular flexibility index (Phi) is 37.2. The number of carboxylic acids is 1. The first kappa shape index (κ1) is 77.4. The van der Waals surface area contributed by atoms with Gasteiger partial charge in [-0.05, 0) is 125 Å². The molecule has 0 aromatic heterocycles. The Labute approximate surface area is 513 Å². The molecule has 0 bridgehead atoms. The molecule has 88 heavy (non-hydrogen) atoms. The minimum Gasteiger partial charge on any atom is -0.481 e. The number of primary amides is 3. The van der Waals surface area contributed by atoms with Crippen LogP contribution < -0.4 is 64.5 Å². The lowest BCUT2D eigenvalue weighted by Gasteiger charge is -2.22. The second-order valence-electron chi connectivity index (χ2n) is 21.7. The van der Waals surface area contributed by atoms with Crippen LogP contribution in [0.2, 0.25) is 0 Å². The maximum atomic E-state index is 13.1. The fraction of sp³-hybridized carbons (Fsp3) is 0.533. The quantitative estimate of drug-likeness (QED) is 0.0115. The number of ketones is 3. The molecule has 3 aromatic carbocycles. The molecule has 3 unspecified atom stereocenters. The smallest absolute Gasteiger partial charge is 0.481 e. The van der Waals surface area contributed by atoms with Gasteiger partial charge in [0.2, 0.25) is 11.8 Å². The number of carbonyl (C=O) groups is 10. The number of benzene rings is 3. The highest BCUT2D eigenvalue weighted by molar-refractivity contribution is 5.97. The Balaban J connectivity index is 0.000000704. The average molecular weight is 1240 g/mol. The van der Waals surface area contributed by atoms with Gasteiger partial charge < -0.3 is 79.4 Å². The van der Waals surface area contributed by atoms with Gasteiger partial charge in [0.15, 0.2) is 17.3 Å². The Morgan fingerprint density at radius 3 is 1.17 bits per heavy atom. The number of hydrogen-bond donors (Lipinski definition) is 13. The second-order valence-corrected chi connectivity index (χ2v) is 21.7. The van der Waals surface area contributed by atoms with Gasteiger partial charge in [0.05, 0.1) is 35.6 Å². The van der Waals surface area contributed by atoms with E-state index in [1.165, 1.54) is 24.3 Å². The number of Topliss-reactive ketones (excluding diaryl/α,β-unsaturated/α-hetero) is 3. The molecule has 0 aliphatic carbocycles. The number of hydrogen-bond acceptors (Lipinski definition) is 18. The summed E-state index contributed by atoms with van der Waals surface area (Å²) in [6.45, 7) is 12.3. The Morgan fingerprint density at radius 2 is 0.864 bits per heavy atom. The van der Waals surface area contributed by atoms with E-state index in [9.17, 15) is 58.1 Å². The molecule has 0 spiro atoms. The van der Waals surface area contributed by atoms with Crippen LogP contribution in [0.15, 0.2) is 72.8 Å². The molecular formula is C60H92N12O16. The third-order valence-electron chi connectivity index (χ3n) is 13.7. The number of urea groups is 3. The molecule has 16 N–H and O–H groups in total. The number of aliphatic hydroxyl groups excluding tert-OH is 1. The number of carboxylic acid groups (broad SMARTS) is 1. The molecule has 3 aromatic rings. The van der Waals surface area contributed by atoms with Crippen molar-refractivity contribution in [2.24, 2.45) is 52.7 Å². The lowest BCUT2D eigenvalue weighted by atomic mass is 9.89. The summed E-state index contributed by atoms with van der Waals surface area (Å²) >= 11 is 0. The number of nitrogens with zero attached hydrogens (tertiary/aromatic N) is 1. The fourth-order valence-electron chi connectivity index (χ4n) is 9.12. The van der Waals surface area contributed by atoms with Gasteiger partial charge in [-0.2, -0.15) is 0 Å². The zero-order valence-corrected chi connectivity index (χ0v) is 51.8. The summed E-state index contributed by atoms with van der Waals surface area (Å²) < 4.78 is 10.1. The van der Waals surface area contributed by atoms with Gasteiger partial charge in [0, 0.05) is 74.2 Å². The van der Waals surface area contributed by atoms with Crippen LogP contribution in [-0.4, -0.2) is 133 Å². The van der Waals surface area contributed by atoms with E-state index >= 15 is 0 Å². The maximum absolute atomic E-state index is 13.1. The first-order valence-electron chi connectivity index (χ1n) is 29.0. The number of amides is 8. The Morgan fingerprint density at radius 1 is 0.523 bits per heavy atom. The summed E-state index contributed by atoms with van der Waals surface area (Å²) in [4.78, 5) is 129. The zero-order valence-electron chi connectivity index (χ0n) is 51.8. The van der Waals surface area contributed by atoms with Gasteiger partial charge >= 0.3 is 30.2 Å². The summed E-state index contributed by atoms with van der Waals surface area (Å²) in [5, 5.41) is 50.9. The largest absolute Gasteiger partial charge is 0.514 e. The third kappa shape index (κ3) is 31.7. The molecule has 0 fully saturated rings. The van der Waals surface area contributed by atoms with Crippen LogP contribution in [0.5, 0.6) is 5.75 Å². The standard InChI is InChI=1S/C27H35N5O8.C20H32N4O4.C13H25N3O4/c1-17(2)24(29-3)23(33)15-19(5-4-14-30-26(28)35)25(34)31-20-8-6-18(7-9-20)16-39-27(36)40-22-12-10-21(11-13-22)32(37)38;1-13(2)18(22-3)17(26)11-15(5-4-10-23-20(21)28)19(27)24-16-8-6-14(12-25)7-9-16;1-8(2)11(15-3)10(17)7-9(12(18)19)5-4-6-16-13(14)20/h6-13,17,19,24,29H,4-5,14-16H2,1-3H3,(H,31,34)(H3,28,30,35);6-9,13,15,18,22,25H,4-5,10-12H2,1-3H3,(H,24,27)(H3,21,23,28);8-9,11,15H,4-7H2,1-3H3,(H,18,19)(H3,14,16,20)/t19?,24-;15?,18-;9?,11-/m000/s1. The molecule has 6 atom stereocenters. The normalized spacial score (nSPS) is 12.8. The summed E-state index contributed by atoms with van der Waals surface area (Å²) in [6, 6.07) is 15.5. The molecule has 28 nitrogen and oxygen atoms in total. The van der Waals surface area contributed by atoms with Crippen molar-refractivity contribution in [3.63, 3.8) is 0 Å². The van der Waals surface area contributed by atoms with E-state index < -0.39 is 52.9 Å². The third-order valence-corrected chi connectivity index (χ3v) is 13.7. The number of anilines is 2. The maximum Gasteiger partial charge on any atom is 0.514 e. The number of nitrogens with two attached hydrogens (primary N) is 3. The van der Waals surface area contributed by atoms with Gasteiger partial charge in [-0.3, -0.25) is 38.9 Å². The van der Waals surface area contributed by atoms with Gasteiger partial charge in [0.1, 0.15) is 12.4 Å². The van der Waals surface area contributed by atoms with Crippen LogP contribution in [0.3, 0.4) is 0 Å². The molecule has 0 saturated heterocycles. The van der Waals surface area contributed by atoms with Crippen molar-refractivity contribution < 1.29 is 72.6 Å². The molecule has 0 aliphatic rings. The van der Waals surface area contributed by atoms with Gasteiger partial charge in [0.25, 0.3) is 5.69 Å². The van der Waals surface area contributed by atoms with E-state index in [1.54, 1.807) is 69.7 Å². The summed E-state index contributed by atoms with van der Waals surface area (Å²) in [6.07, 6.45) is 1.78. The number of carbonyl (C=O) groups excluding carboxylic acids is 9. The number of non-ortho nitro benzene ring substituents is 1. The van der Waals surface area contributed by atoms with E-state index in [1.807, 2.05) is 41.5 Å². The van der Waals surface area contributed by atoms with Crippen LogP contribution in [0.4, 0.5) is 36.2 Å². The van der Waals surface area contributed by atoms with Crippen LogP contribution in [0.1, 0.15) is 110 Å². The minimum atomic E-state index is -0.990. The van der Waals surface area contributed by atoms with Gasteiger partial charge in [-0.1, -0.05) is 65.8 Å². The van der Waals surface area contributed by atoms with Gasteiger partial charge in [-0.15, -0.1) is 0 Å². The Bertz CT molecular complexity index is 2690. The van der Waals surface area contributed by atoms with E-state index in [-0.39, 0.29) is 116 Å². The topological polar surface area (TPSA) is 447 Å². The van der Waals surface area contributed by atoms with Crippen LogP contribution in [0, 0.1) is 45.6 Å². The molecule has 488 valence electrons. The lowest BCUT2D eigenvalue weighted by molar-refractivity contribution is -0.384. The predicted molar refractivity (Wildman–Crippen MR) is 330 cm³/mol. The molecule has 0 saturated carbocycles. The first-order chi connectivity index (χ1) is 41.6. The van der Waals surface area contributed by atoms with Crippen LogP contribution in [0.25, 0.3) is 0 Å². The predicted octanol–water partition coefficient (Wildman–Crippen LogP) is 5.24. The molecular weight excluding hydrogens is 1140 g/mol. The monoisotopic (exact) mass is 1240 g/mol. The van der Waals surface area contributed by atoms with Gasteiger partial charge in [-0.25, -0.2) is 19.2 Å². The number of ether oxygens (including phenoxy) is 2. The molecule has 3 rings (SSSR count). The number of nitrogens with one attached hydrogen (secondary N) is 8. The van der Waals surface area contributed by atoms with Crippen molar-refractivity contribution in [3.05, 3.63) is 94.0 Å². The number of aliphatic carboxylic acids is 1.